The molecule has 17 rings (SSSR count). The van der Waals surface area contributed by atoms with Crippen molar-refractivity contribution in [2.75, 3.05) is 0 Å². The van der Waals surface area contributed by atoms with Gasteiger partial charge < -0.3 is 18.3 Å². The first kappa shape index (κ1) is 44.7. The first-order chi connectivity index (χ1) is 39.1. The second-order valence-corrected chi connectivity index (χ2v) is 23.0. The Labute approximate surface area is 461 Å². The minimum atomic E-state index is -0.290. The second-order valence-electron chi connectivity index (χ2n) is 23.0. The molecule has 15 aromatic rings. The quantitative estimate of drug-likeness (QED) is 0.176. The number of hydrogen-bond acceptors (Lipinski definition) is 2. The van der Waals surface area contributed by atoms with Gasteiger partial charge in [-0.1, -0.05) is 161 Å². The van der Waals surface area contributed by atoms with Crippen molar-refractivity contribution in [2.45, 2.75) is 38.5 Å². The second kappa shape index (κ2) is 15.6. The number of nitrogens with zero attached hydrogens (tertiary/aromatic N) is 6. The molecule has 2 aliphatic carbocycles. The van der Waals surface area contributed by atoms with Gasteiger partial charge in [0.2, 0.25) is 0 Å². The van der Waals surface area contributed by atoms with E-state index in [2.05, 4.69) is 264 Å². The van der Waals surface area contributed by atoms with Gasteiger partial charge in [-0.2, -0.15) is 10.5 Å². The zero-order chi connectivity index (χ0) is 53.5. The smallest absolute Gasteiger partial charge is 0.101 e. The topological polar surface area (TPSA) is 67.3 Å². The van der Waals surface area contributed by atoms with E-state index in [4.69, 9.17) is 0 Å². The maximum absolute atomic E-state index is 11.8. The lowest BCUT2D eigenvalue weighted by Crippen LogP contribution is -2.15. The molecule has 80 heavy (non-hydrogen) atoms. The van der Waals surface area contributed by atoms with E-state index in [9.17, 15) is 10.5 Å². The number of fused-ring (bicyclic) bond motifs is 18. The summed E-state index contributed by atoms with van der Waals surface area (Å²) >= 11 is 0. The van der Waals surface area contributed by atoms with Crippen LogP contribution in [0.25, 0.3) is 132 Å². The van der Waals surface area contributed by atoms with Crippen molar-refractivity contribution in [3.05, 3.63) is 252 Å². The van der Waals surface area contributed by atoms with Gasteiger partial charge in [-0.3, -0.25) is 0 Å². The summed E-state index contributed by atoms with van der Waals surface area (Å²) in [5, 5.41) is 32.6. The standard InChI is InChI=1S/C74H48N6/c1-73(2)55-25-11-5-19-45(55)51-37-53-69(39-57(51)73)79(65-33-17-31-63(71(53)65)77-59-27-13-7-21-47(59)48-22-8-14-28-60(48)77)67-35-44(42-76)68(36-43(67)41-75)80-66-34-18-32-64(78-61-29-15-9-23-49(61)50-24-10-16-30-62(50)78)72(66)54-38-52-46-20-6-12-26-56(46)74(3,4)58(52)40-70(54)80/h5-40H,1-4H3. The Balaban J connectivity index is 0.980. The highest BCUT2D eigenvalue weighted by Crippen LogP contribution is 2.54. The fraction of sp³-hybridized carbons (Fsp3) is 0.0811. The van der Waals surface area contributed by atoms with Gasteiger partial charge in [-0.25, -0.2) is 0 Å². The third-order valence-corrected chi connectivity index (χ3v) is 18.4. The number of aromatic nitrogens is 4. The van der Waals surface area contributed by atoms with Crippen molar-refractivity contribution >= 4 is 87.2 Å². The van der Waals surface area contributed by atoms with Crippen molar-refractivity contribution in [2.24, 2.45) is 0 Å². The van der Waals surface area contributed by atoms with Gasteiger partial charge in [0.15, 0.2) is 0 Å². The number of benzene rings is 11. The van der Waals surface area contributed by atoms with Crippen molar-refractivity contribution in [1.29, 1.82) is 10.5 Å². The van der Waals surface area contributed by atoms with Gasteiger partial charge in [-0.15, -0.1) is 0 Å². The van der Waals surface area contributed by atoms with Crippen LogP contribution in [0.1, 0.15) is 61.1 Å². The van der Waals surface area contributed by atoms with Gasteiger partial charge in [-0.05, 0) is 129 Å². The molecular weight excluding hydrogens is 973 g/mol. The van der Waals surface area contributed by atoms with E-state index in [1.54, 1.807) is 0 Å². The third-order valence-electron chi connectivity index (χ3n) is 18.4. The van der Waals surface area contributed by atoms with Crippen LogP contribution in [0.4, 0.5) is 0 Å². The van der Waals surface area contributed by atoms with Crippen LogP contribution in [0, 0.1) is 22.7 Å². The molecule has 0 amide bonds. The summed E-state index contributed by atoms with van der Waals surface area (Å²) in [6, 6.07) is 84.3. The Morgan fingerprint density at radius 1 is 0.275 bits per heavy atom. The molecule has 2 aliphatic rings. The van der Waals surface area contributed by atoms with Gasteiger partial charge in [0, 0.05) is 53.9 Å². The zero-order valence-electron chi connectivity index (χ0n) is 44.5. The predicted octanol–water partition coefficient (Wildman–Crippen LogP) is 18.4. The fourth-order valence-corrected chi connectivity index (χ4v) is 14.9. The minimum Gasteiger partial charge on any atom is -0.309 e. The SMILES string of the molecule is CC1(C)c2ccccc2-c2cc3c4c(-n5c6ccccc6c6ccccc65)cccc4n(-c4cc(C#N)c(-n5c6cc7c(cc6c6c(-n8c9ccccc9c9ccccc98)cccc65)-c5ccccc5C7(C)C)cc4C#N)c3cc21. The van der Waals surface area contributed by atoms with Crippen LogP contribution in [0.2, 0.25) is 0 Å². The molecule has 6 nitrogen and oxygen atoms in total. The predicted molar refractivity (Wildman–Crippen MR) is 328 cm³/mol. The van der Waals surface area contributed by atoms with Gasteiger partial charge in [0.1, 0.15) is 12.1 Å². The molecule has 374 valence electrons. The lowest BCUT2D eigenvalue weighted by molar-refractivity contribution is 0.661. The number of hydrogen-bond donors (Lipinski definition) is 0. The Morgan fingerprint density at radius 3 is 0.975 bits per heavy atom. The highest BCUT2D eigenvalue weighted by molar-refractivity contribution is 6.20. The molecule has 6 heteroatoms. The van der Waals surface area contributed by atoms with Crippen LogP contribution < -0.4 is 0 Å². The van der Waals surface area contributed by atoms with Crippen LogP contribution in [0.15, 0.2) is 218 Å². The van der Waals surface area contributed by atoms with Crippen LogP contribution in [-0.4, -0.2) is 18.3 Å². The summed E-state index contributed by atoms with van der Waals surface area (Å²) < 4.78 is 9.35. The van der Waals surface area contributed by atoms with Crippen LogP contribution in [0.3, 0.4) is 0 Å². The first-order valence-corrected chi connectivity index (χ1v) is 27.5. The zero-order valence-corrected chi connectivity index (χ0v) is 44.5. The fourth-order valence-electron chi connectivity index (χ4n) is 14.9. The van der Waals surface area contributed by atoms with E-state index in [1.165, 1.54) is 66.1 Å². The van der Waals surface area contributed by atoms with Crippen LogP contribution in [0.5, 0.6) is 0 Å². The minimum absolute atomic E-state index is 0.290. The van der Waals surface area contributed by atoms with E-state index < -0.39 is 0 Å². The Hall–Kier alpha value is -10.4. The molecule has 0 spiro atoms. The summed E-state index contributed by atoms with van der Waals surface area (Å²) in [5.74, 6) is 0. The summed E-state index contributed by atoms with van der Waals surface area (Å²) in [4.78, 5) is 0. The molecule has 4 aromatic heterocycles. The van der Waals surface area contributed by atoms with Crippen molar-refractivity contribution in [3.63, 3.8) is 0 Å². The van der Waals surface area contributed by atoms with Crippen molar-refractivity contribution in [1.82, 2.24) is 18.3 Å². The lowest BCUT2D eigenvalue weighted by atomic mass is 9.82. The highest BCUT2D eigenvalue weighted by atomic mass is 15.0. The maximum Gasteiger partial charge on any atom is 0.101 e. The maximum atomic E-state index is 11.8. The Bertz CT molecular complexity index is 4960. The van der Waals surface area contributed by atoms with Gasteiger partial charge in [0.05, 0.1) is 78.0 Å². The molecule has 0 bridgehead atoms. The van der Waals surface area contributed by atoms with Crippen molar-refractivity contribution < 1.29 is 0 Å². The number of para-hydroxylation sites is 4. The average Bonchev–Trinajstić information content (AvgIpc) is 4.47. The highest BCUT2D eigenvalue weighted by Gasteiger charge is 2.39. The van der Waals surface area contributed by atoms with Crippen molar-refractivity contribution in [3.8, 4) is 57.1 Å². The molecule has 0 radical (unpaired) electrons. The molecule has 0 atom stereocenters. The van der Waals surface area contributed by atoms with Crippen LogP contribution in [-0.2, 0) is 10.8 Å². The first-order valence-electron chi connectivity index (χ1n) is 27.5. The number of nitriles is 2. The van der Waals surface area contributed by atoms with Crippen LogP contribution >= 0.6 is 0 Å². The summed E-state index contributed by atoms with van der Waals surface area (Å²) in [6.45, 7) is 9.27. The summed E-state index contributed by atoms with van der Waals surface area (Å²) in [5.41, 5.74) is 22.0. The van der Waals surface area contributed by atoms with E-state index in [0.29, 0.717) is 22.5 Å². The molecular formula is C74H48N6. The monoisotopic (exact) mass is 1020 g/mol. The summed E-state index contributed by atoms with van der Waals surface area (Å²) in [6.07, 6.45) is 0. The Kier molecular flexibility index (Phi) is 8.74. The molecule has 0 saturated carbocycles. The molecule has 0 unspecified atom stereocenters. The molecule has 0 saturated heterocycles. The van der Waals surface area contributed by atoms with E-state index in [1.807, 2.05) is 12.1 Å². The lowest BCUT2D eigenvalue weighted by Gasteiger charge is -2.22. The Morgan fingerprint density at radius 2 is 0.600 bits per heavy atom. The molecule has 0 fully saturated rings. The van der Waals surface area contributed by atoms with E-state index in [0.717, 1.165) is 77.1 Å². The van der Waals surface area contributed by atoms with E-state index in [-0.39, 0.29) is 10.8 Å². The van der Waals surface area contributed by atoms with Gasteiger partial charge >= 0.3 is 0 Å². The number of rotatable bonds is 4. The molecule has 4 heterocycles. The average molecular weight is 1020 g/mol. The largest absolute Gasteiger partial charge is 0.309 e. The molecule has 0 N–H and O–H groups in total. The molecule has 0 aliphatic heterocycles. The summed E-state index contributed by atoms with van der Waals surface area (Å²) in [7, 11) is 0. The normalized spacial score (nSPS) is 13.9. The van der Waals surface area contributed by atoms with Gasteiger partial charge in [0.25, 0.3) is 0 Å². The molecule has 11 aromatic carbocycles. The third kappa shape index (κ3) is 5.59. The van der Waals surface area contributed by atoms with E-state index >= 15 is 0 Å².